The van der Waals surface area contributed by atoms with E-state index in [1.165, 1.54) is 0 Å². The monoisotopic (exact) mass is 472 g/mol. The Kier molecular flexibility index (Phi) is 5.88. The second-order valence-electron chi connectivity index (χ2n) is 8.68. The van der Waals surface area contributed by atoms with Crippen LogP contribution in [0.15, 0.2) is 84.1 Å². The fourth-order valence-corrected chi connectivity index (χ4v) is 5.14. The molecule has 1 amide bonds. The number of nitrogens with one attached hydrogen (secondary N) is 1. The smallest absolute Gasteiger partial charge is 0.224 e. The highest BCUT2D eigenvalue weighted by atomic mass is 35.5. The zero-order valence-electron chi connectivity index (χ0n) is 19.0. The van der Waals surface area contributed by atoms with Crippen LogP contribution in [0.2, 0.25) is 5.02 Å². The molecule has 0 aromatic heterocycles. The molecule has 0 unspecified atom stereocenters. The van der Waals surface area contributed by atoms with Crippen LogP contribution in [0.4, 0.5) is 11.4 Å². The van der Waals surface area contributed by atoms with Crippen molar-refractivity contribution in [1.82, 2.24) is 0 Å². The van der Waals surface area contributed by atoms with Gasteiger partial charge in [-0.3, -0.25) is 14.5 Å². The summed E-state index contributed by atoms with van der Waals surface area (Å²) in [4.78, 5) is 28.5. The molecule has 0 saturated heterocycles. The lowest BCUT2D eigenvalue weighted by Gasteiger charge is -2.34. The molecule has 1 heterocycles. The highest BCUT2D eigenvalue weighted by Crippen LogP contribution is 2.47. The average molecular weight is 473 g/mol. The summed E-state index contributed by atoms with van der Waals surface area (Å²) in [5, 5.41) is 4.19. The number of hydrogen-bond acceptors (Lipinski definition) is 4. The number of halogens is 1. The first kappa shape index (κ1) is 22.2. The molecule has 5 rings (SSSR count). The average Bonchev–Trinajstić information content (AvgIpc) is 2.99. The van der Waals surface area contributed by atoms with Crippen molar-refractivity contribution in [3.8, 4) is 5.75 Å². The first-order valence-corrected chi connectivity index (χ1v) is 11.7. The minimum Gasteiger partial charge on any atom is -0.497 e. The molecule has 2 aliphatic rings. The van der Waals surface area contributed by atoms with Crippen LogP contribution in [0.3, 0.4) is 0 Å². The number of allylic oxidation sites excluding steroid dienone is 1. The topological polar surface area (TPSA) is 58.6 Å². The Balaban J connectivity index is 1.68. The summed E-state index contributed by atoms with van der Waals surface area (Å²) < 4.78 is 5.33. The van der Waals surface area contributed by atoms with Gasteiger partial charge in [0.05, 0.1) is 24.5 Å². The van der Waals surface area contributed by atoms with Crippen molar-refractivity contribution in [2.75, 3.05) is 17.3 Å². The van der Waals surface area contributed by atoms with Crippen LogP contribution < -0.4 is 15.0 Å². The Morgan fingerprint density at radius 2 is 1.65 bits per heavy atom. The lowest BCUT2D eigenvalue weighted by atomic mass is 9.78. The van der Waals surface area contributed by atoms with Gasteiger partial charge in [0.1, 0.15) is 5.75 Å². The quantitative estimate of drug-likeness (QED) is 0.488. The molecule has 1 N–H and O–H groups in total. The number of hydrogen-bond donors (Lipinski definition) is 1. The molecular formula is C28H25ClN2O3. The maximum Gasteiger partial charge on any atom is 0.224 e. The van der Waals surface area contributed by atoms with Gasteiger partial charge < -0.3 is 10.1 Å². The van der Waals surface area contributed by atoms with Crippen LogP contribution in [0.1, 0.15) is 42.9 Å². The number of Topliss-reactive ketones (excluding diaryl/α,β-unsaturated/α-hetero) is 1. The van der Waals surface area contributed by atoms with Crippen molar-refractivity contribution >= 4 is 34.7 Å². The van der Waals surface area contributed by atoms with Crippen molar-refractivity contribution in [3.63, 3.8) is 0 Å². The number of ketones is 1. The Morgan fingerprint density at radius 1 is 0.971 bits per heavy atom. The standard InChI is InChI=1S/C28H25ClN2O3/c1-17(32)31-25-6-4-3-5-23(25)30-24-15-20(18-7-11-21(29)12-8-18)16-26(33)27(24)28(31)19-9-13-22(34-2)14-10-19/h3-14,20,28,30H,15-16H2,1-2H3/t20-,28-/m0/s1. The van der Waals surface area contributed by atoms with E-state index in [-0.39, 0.29) is 17.6 Å². The predicted molar refractivity (Wildman–Crippen MR) is 134 cm³/mol. The zero-order valence-corrected chi connectivity index (χ0v) is 19.8. The Bertz CT molecular complexity index is 1280. The van der Waals surface area contributed by atoms with Gasteiger partial charge in [0.15, 0.2) is 5.78 Å². The molecule has 0 radical (unpaired) electrons. The Morgan fingerprint density at radius 3 is 2.32 bits per heavy atom. The molecule has 34 heavy (non-hydrogen) atoms. The zero-order chi connectivity index (χ0) is 23.8. The number of rotatable bonds is 3. The van der Waals surface area contributed by atoms with E-state index >= 15 is 0 Å². The summed E-state index contributed by atoms with van der Waals surface area (Å²) in [6.07, 6.45) is 1.03. The number of methoxy groups -OCH3 is 1. The molecule has 0 spiro atoms. The molecule has 172 valence electrons. The number of fused-ring (bicyclic) bond motifs is 1. The first-order valence-electron chi connectivity index (χ1n) is 11.3. The molecule has 0 saturated carbocycles. The van der Waals surface area contributed by atoms with E-state index in [1.54, 1.807) is 18.9 Å². The largest absolute Gasteiger partial charge is 0.497 e. The molecule has 5 nitrogen and oxygen atoms in total. The number of benzene rings is 3. The van der Waals surface area contributed by atoms with Gasteiger partial charge in [-0.25, -0.2) is 0 Å². The number of anilines is 2. The summed E-state index contributed by atoms with van der Waals surface area (Å²) >= 11 is 6.09. The fraction of sp³-hybridized carbons (Fsp3) is 0.214. The minimum absolute atomic E-state index is 0.0311. The summed E-state index contributed by atoms with van der Waals surface area (Å²) in [6, 6.07) is 22.4. The maximum atomic E-state index is 13.8. The van der Waals surface area contributed by atoms with Crippen LogP contribution in [-0.4, -0.2) is 18.8 Å². The van der Waals surface area contributed by atoms with Crippen molar-refractivity contribution in [1.29, 1.82) is 0 Å². The Hall–Kier alpha value is -3.57. The van der Waals surface area contributed by atoms with E-state index in [0.717, 1.165) is 33.9 Å². The van der Waals surface area contributed by atoms with E-state index in [0.29, 0.717) is 23.4 Å². The number of carbonyl (C=O) groups excluding carboxylic acids is 2. The van der Waals surface area contributed by atoms with E-state index in [1.807, 2.05) is 72.8 Å². The highest BCUT2D eigenvalue weighted by molar-refractivity contribution is 6.30. The van der Waals surface area contributed by atoms with Crippen LogP contribution in [-0.2, 0) is 9.59 Å². The fourth-order valence-electron chi connectivity index (χ4n) is 5.01. The highest BCUT2D eigenvalue weighted by Gasteiger charge is 2.40. The van der Waals surface area contributed by atoms with Gasteiger partial charge >= 0.3 is 0 Å². The molecule has 6 heteroatoms. The van der Waals surface area contributed by atoms with Gasteiger partial charge in [0, 0.05) is 29.6 Å². The minimum atomic E-state index is -0.534. The van der Waals surface area contributed by atoms with Crippen LogP contribution >= 0.6 is 11.6 Å². The molecule has 3 aromatic carbocycles. The van der Waals surface area contributed by atoms with Gasteiger partial charge in [-0.1, -0.05) is 48.0 Å². The number of carbonyl (C=O) groups is 2. The summed E-state index contributed by atoms with van der Waals surface area (Å²) in [5.74, 6) is 0.658. The van der Waals surface area contributed by atoms with Crippen LogP contribution in [0.5, 0.6) is 5.75 Å². The number of para-hydroxylation sites is 2. The summed E-state index contributed by atoms with van der Waals surface area (Å²) in [5.41, 5.74) is 5.00. The molecule has 2 atom stereocenters. The van der Waals surface area contributed by atoms with Crippen molar-refractivity contribution in [2.45, 2.75) is 31.7 Å². The SMILES string of the molecule is COc1ccc([C@H]2C3=C(C[C@H](c4ccc(Cl)cc4)CC3=O)Nc3ccccc3N2C(C)=O)cc1. The van der Waals surface area contributed by atoms with Crippen LogP contribution in [0, 0.1) is 0 Å². The van der Waals surface area contributed by atoms with E-state index in [9.17, 15) is 9.59 Å². The molecule has 1 aliphatic heterocycles. The van der Waals surface area contributed by atoms with E-state index in [4.69, 9.17) is 16.3 Å². The molecule has 0 fully saturated rings. The summed E-state index contributed by atoms with van der Waals surface area (Å²) in [7, 11) is 1.62. The van der Waals surface area contributed by atoms with Crippen molar-refractivity contribution < 1.29 is 14.3 Å². The van der Waals surface area contributed by atoms with Gasteiger partial charge in [-0.15, -0.1) is 0 Å². The van der Waals surface area contributed by atoms with Gasteiger partial charge in [-0.2, -0.15) is 0 Å². The Labute approximate surface area is 204 Å². The second kappa shape index (κ2) is 8.99. The van der Waals surface area contributed by atoms with Crippen molar-refractivity contribution in [2.24, 2.45) is 0 Å². The molecular weight excluding hydrogens is 448 g/mol. The molecule has 0 bridgehead atoms. The van der Waals surface area contributed by atoms with Gasteiger partial charge in [-0.05, 0) is 59.9 Å². The normalized spacial score (nSPS) is 19.6. The van der Waals surface area contributed by atoms with Gasteiger partial charge in [0.2, 0.25) is 5.91 Å². The second-order valence-corrected chi connectivity index (χ2v) is 9.12. The molecule has 1 aliphatic carbocycles. The lowest BCUT2D eigenvalue weighted by molar-refractivity contribution is -0.117. The first-order chi connectivity index (χ1) is 16.5. The lowest BCUT2D eigenvalue weighted by Crippen LogP contribution is -2.37. The van der Waals surface area contributed by atoms with Crippen molar-refractivity contribution in [3.05, 3.63) is 100 Å². The van der Waals surface area contributed by atoms with E-state index < -0.39 is 6.04 Å². The number of amides is 1. The number of nitrogens with zero attached hydrogens (tertiary/aromatic N) is 1. The molecule has 3 aromatic rings. The summed E-state index contributed by atoms with van der Waals surface area (Å²) in [6.45, 7) is 1.54. The van der Waals surface area contributed by atoms with E-state index in [2.05, 4.69) is 5.32 Å². The van der Waals surface area contributed by atoms with Crippen LogP contribution in [0.25, 0.3) is 0 Å². The maximum absolute atomic E-state index is 13.8. The third-order valence-corrected chi connectivity index (χ3v) is 6.85. The predicted octanol–water partition coefficient (Wildman–Crippen LogP) is 6.27. The third-order valence-electron chi connectivity index (χ3n) is 6.60. The van der Waals surface area contributed by atoms with Gasteiger partial charge in [0.25, 0.3) is 0 Å². The third kappa shape index (κ3) is 3.97. The number of ether oxygens (including phenoxy) is 1.